The molecule has 0 bridgehead atoms. The molecule has 0 aromatic heterocycles. The molecule has 0 spiro atoms. The highest BCUT2D eigenvalue weighted by Gasteiger charge is 2.06. The SMILES string of the molecule is Cc1cc(Oc2ccc(CNC(C)C)cc2Cl)ccc1Br. The molecule has 0 aliphatic carbocycles. The van der Waals surface area contributed by atoms with Gasteiger partial charge < -0.3 is 10.1 Å². The largest absolute Gasteiger partial charge is 0.456 e. The lowest BCUT2D eigenvalue weighted by molar-refractivity contribution is 0.482. The van der Waals surface area contributed by atoms with Gasteiger partial charge in [0, 0.05) is 17.1 Å². The maximum absolute atomic E-state index is 6.30. The zero-order valence-electron chi connectivity index (χ0n) is 12.4. The van der Waals surface area contributed by atoms with Crippen LogP contribution in [-0.4, -0.2) is 6.04 Å². The van der Waals surface area contributed by atoms with E-state index in [1.807, 2.05) is 43.3 Å². The molecule has 0 unspecified atom stereocenters. The topological polar surface area (TPSA) is 21.3 Å². The lowest BCUT2D eigenvalue weighted by Gasteiger charge is -2.12. The van der Waals surface area contributed by atoms with Crippen molar-refractivity contribution in [3.8, 4) is 11.5 Å². The third-order valence-corrected chi connectivity index (χ3v) is 4.25. The lowest BCUT2D eigenvalue weighted by Crippen LogP contribution is -2.21. The Bertz CT molecular complexity index is 628. The molecule has 0 aliphatic heterocycles. The molecule has 112 valence electrons. The van der Waals surface area contributed by atoms with E-state index in [1.165, 1.54) is 0 Å². The molecule has 2 rings (SSSR count). The minimum Gasteiger partial charge on any atom is -0.456 e. The van der Waals surface area contributed by atoms with Crippen molar-refractivity contribution in [1.82, 2.24) is 5.32 Å². The van der Waals surface area contributed by atoms with Gasteiger partial charge in [-0.3, -0.25) is 0 Å². The standard InChI is InChI=1S/C17H19BrClNO/c1-11(2)20-10-13-4-7-17(16(19)9-13)21-14-5-6-15(18)12(3)8-14/h4-9,11,20H,10H2,1-3H3. The molecule has 0 saturated carbocycles. The zero-order chi connectivity index (χ0) is 15.4. The van der Waals surface area contributed by atoms with Crippen molar-refractivity contribution in [2.45, 2.75) is 33.4 Å². The maximum Gasteiger partial charge on any atom is 0.146 e. The summed E-state index contributed by atoms with van der Waals surface area (Å²) in [5.74, 6) is 1.46. The van der Waals surface area contributed by atoms with E-state index in [2.05, 4.69) is 35.1 Å². The molecule has 0 radical (unpaired) electrons. The van der Waals surface area contributed by atoms with Crippen LogP contribution in [0.2, 0.25) is 5.02 Å². The van der Waals surface area contributed by atoms with E-state index in [1.54, 1.807) is 0 Å². The van der Waals surface area contributed by atoms with Gasteiger partial charge in [-0.25, -0.2) is 0 Å². The first kappa shape index (κ1) is 16.3. The van der Waals surface area contributed by atoms with Crippen molar-refractivity contribution >= 4 is 27.5 Å². The Morgan fingerprint density at radius 2 is 1.95 bits per heavy atom. The van der Waals surface area contributed by atoms with Crippen LogP contribution in [0.1, 0.15) is 25.0 Å². The Hall–Kier alpha value is -1.03. The maximum atomic E-state index is 6.30. The number of benzene rings is 2. The van der Waals surface area contributed by atoms with Crippen molar-refractivity contribution in [1.29, 1.82) is 0 Å². The third kappa shape index (κ3) is 4.73. The van der Waals surface area contributed by atoms with Crippen molar-refractivity contribution in [3.63, 3.8) is 0 Å². The monoisotopic (exact) mass is 367 g/mol. The van der Waals surface area contributed by atoms with E-state index >= 15 is 0 Å². The summed E-state index contributed by atoms with van der Waals surface area (Å²) in [6.45, 7) is 7.07. The third-order valence-electron chi connectivity index (χ3n) is 3.07. The molecule has 0 aliphatic rings. The van der Waals surface area contributed by atoms with Gasteiger partial charge in [0.15, 0.2) is 0 Å². The molecular formula is C17H19BrClNO. The highest BCUT2D eigenvalue weighted by Crippen LogP contribution is 2.31. The summed E-state index contributed by atoms with van der Waals surface area (Å²) >= 11 is 9.78. The number of aryl methyl sites for hydroxylation is 1. The number of ether oxygens (including phenoxy) is 1. The van der Waals surface area contributed by atoms with Crippen LogP contribution in [0, 0.1) is 6.92 Å². The predicted molar refractivity (Wildman–Crippen MR) is 92.4 cm³/mol. The zero-order valence-corrected chi connectivity index (χ0v) is 14.8. The Balaban J connectivity index is 2.11. The molecule has 0 fully saturated rings. The van der Waals surface area contributed by atoms with Gasteiger partial charge in [0.2, 0.25) is 0 Å². The summed E-state index contributed by atoms with van der Waals surface area (Å²) in [4.78, 5) is 0. The first-order valence-electron chi connectivity index (χ1n) is 6.91. The van der Waals surface area contributed by atoms with Crippen molar-refractivity contribution in [2.75, 3.05) is 0 Å². The Morgan fingerprint density at radius 1 is 1.19 bits per heavy atom. The predicted octanol–water partition coefficient (Wildman–Crippen LogP) is 5.70. The van der Waals surface area contributed by atoms with Crippen molar-refractivity contribution in [3.05, 3.63) is 57.0 Å². The molecule has 0 atom stereocenters. The van der Waals surface area contributed by atoms with E-state index in [0.717, 1.165) is 27.9 Å². The fraction of sp³-hybridized carbons (Fsp3) is 0.294. The van der Waals surface area contributed by atoms with Crippen LogP contribution < -0.4 is 10.1 Å². The number of hydrogen-bond acceptors (Lipinski definition) is 2. The molecule has 0 saturated heterocycles. The van der Waals surface area contributed by atoms with Gasteiger partial charge in [-0.05, 0) is 48.4 Å². The van der Waals surface area contributed by atoms with Gasteiger partial charge >= 0.3 is 0 Å². The van der Waals surface area contributed by atoms with Gasteiger partial charge in [-0.2, -0.15) is 0 Å². The van der Waals surface area contributed by atoms with Gasteiger partial charge in [0.25, 0.3) is 0 Å². The minimum absolute atomic E-state index is 0.449. The molecule has 2 aromatic rings. The van der Waals surface area contributed by atoms with Crippen LogP contribution in [-0.2, 0) is 6.54 Å². The second-order valence-electron chi connectivity index (χ2n) is 5.31. The number of halogens is 2. The molecule has 2 nitrogen and oxygen atoms in total. The van der Waals surface area contributed by atoms with Crippen molar-refractivity contribution < 1.29 is 4.74 Å². The molecule has 21 heavy (non-hydrogen) atoms. The normalized spacial score (nSPS) is 11.0. The van der Waals surface area contributed by atoms with Crippen molar-refractivity contribution in [2.24, 2.45) is 0 Å². The fourth-order valence-corrected chi connectivity index (χ4v) is 2.36. The molecule has 1 N–H and O–H groups in total. The lowest BCUT2D eigenvalue weighted by atomic mass is 10.2. The molecule has 2 aromatic carbocycles. The van der Waals surface area contributed by atoms with Gasteiger partial charge in [0.1, 0.15) is 11.5 Å². The van der Waals surface area contributed by atoms with Crippen LogP contribution in [0.25, 0.3) is 0 Å². The summed E-state index contributed by atoms with van der Waals surface area (Å²) < 4.78 is 6.92. The van der Waals surface area contributed by atoms with E-state index in [4.69, 9.17) is 16.3 Å². The van der Waals surface area contributed by atoms with Crippen LogP contribution in [0.5, 0.6) is 11.5 Å². The van der Waals surface area contributed by atoms with Crippen LogP contribution >= 0.6 is 27.5 Å². The van der Waals surface area contributed by atoms with E-state index in [9.17, 15) is 0 Å². The fourth-order valence-electron chi connectivity index (χ4n) is 1.87. The van der Waals surface area contributed by atoms with Crippen LogP contribution in [0.3, 0.4) is 0 Å². The second-order valence-corrected chi connectivity index (χ2v) is 6.57. The Kier molecular flexibility index (Phi) is 5.68. The van der Waals surface area contributed by atoms with Gasteiger partial charge in [0.05, 0.1) is 5.02 Å². The molecular weight excluding hydrogens is 350 g/mol. The van der Waals surface area contributed by atoms with Crippen LogP contribution in [0.15, 0.2) is 40.9 Å². The number of hydrogen-bond donors (Lipinski definition) is 1. The first-order valence-corrected chi connectivity index (χ1v) is 8.08. The average molecular weight is 369 g/mol. The Labute approximate surface area is 139 Å². The quantitative estimate of drug-likeness (QED) is 0.730. The summed E-state index contributed by atoms with van der Waals surface area (Å²) in [6.07, 6.45) is 0. The van der Waals surface area contributed by atoms with E-state index in [-0.39, 0.29) is 0 Å². The summed E-state index contributed by atoms with van der Waals surface area (Å²) in [7, 11) is 0. The Morgan fingerprint density at radius 3 is 2.57 bits per heavy atom. The molecule has 4 heteroatoms. The molecule has 0 heterocycles. The first-order chi connectivity index (χ1) is 9.95. The second kappa shape index (κ2) is 7.30. The van der Waals surface area contributed by atoms with E-state index < -0.39 is 0 Å². The molecule has 0 amide bonds. The van der Waals surface area contributed by atoms with Crippen LogP contribution in [0.4, 0.5) is 0 Å². The highest BCUT2D eigenvalue weighted by atomic mass is 79.9. The summed E-state index contributed by atoms with van der Waals surface area (Å²) in [5.41, 5.74) is 2.27. The number of nitrogens with one attached hydrogen (secondary N) is 1. The highest BCUT2D eigenvalue weighted by molar-refractivity contribution is 9.10. The smallest absolute Gasteiger partial charge is 0.146 e. The van der Waals surface area contributed by atoms with Gasteiger partial charge in [-0.15, -0.1) is 0 Å². The van der Waals surface area contributed by atoms with Gasteiger partial charge in [-0.1, -0.05) is 47.4 Å². The average Bonchev–Trinajstić information content (AvgIpc) is 2.43. The minimum atomic E-state index is 0.449. The number of rotatable bonds is 5. The summed E-state index contributed by atoms with van der Waals surface area (Å²) in [6, 6.07) is 12.2. The van der Waals surface area contributed by atoms with E-state index in [0.29, 0.717) is 16.8 Å². The summed E-state index contributed by atoms with van der Waals surface area (Å²) in [5, 5.41) is 3.99.